The molecule has 0 aromatic carbocycles. The van der Waals surface area contributed by atoms with Crippen molar-refractivity contribution in [1.82, 2.24) is 10.2 Å². The van der Waals surface area contributed by atoms with Gasteiger partial charge in [0.2, 0.25) is 11.8 Å². The zero-order chi connectivity index (χ0) is 14.6. The summed E-state index contributed by atoms with van der Waals surface area (Å²) in [7, 11) is 0. The molecule has 1 aliphatic rings. The van der Waals surface area contributed by atoms with Gasteiger partial charge in [-0.1, -0.05) is 34.1 Å². The molecule has 110 valence electrons. The lowest BCUT2D eigenvalue weighted by Gasteiger charge is -2.44. The van der Waals surface area contributed by atoms with Crippen molar-refractivity contribution < 1.29 is 9.59 Å². The quantitative estimate of drug-likeness (QED) is 0.803. The first kappa shape index (κ1) is 16.0. The van der Waals surface area contributed by atoms with E-state index in [9.17, 15) is 9.59 Å². The van der Waals surface area contributed by atoms with E-state index in [4.69, 9.17) is 0 Å². The topological polar surface area (TPSA) is 49.4 Å². The molecule has 0 saturated carbocycles. The third kappa shape index (κ3) is 3.48. The summed E-state index contributed by atoms with van der Waals surface area (Å²) in [5.74, 6) is 0.487. The van der Waals surface area contributed by atoms with Gasteiger partial charge in [0.15, 0.2) is 0 Å². The molecule has 1 aliphatic heterocycles. The van der Waals surface area contributed by atoms with Crippen molar-refractivity contribution in [2.24, 2.45) is 5.92 Å². The van der Waals surface area contributed by atoms with Gasteiger partial charge in [-0.05, 0) is 32.1 Å². The number of piperazine rings is 1. The monoisotopic (exact) mass is 268 g/mol. The second kappa shape index (κ2) is 6.40. The van der Waals surface area contributed by atoms with Gasteiger partial charge in [-0.15, -0.1) is 0 Å². The van der Waals surface area contributed by atoms with Gasteiger partial charge in [0.05, 0.1) is 0 Å². The van der Waals surface area contributed by atoms with Gasteiger partial charge in [-0.3, -0.25) is 9.59 Å². The molecular weight excluding hydrogens is 240 g/mol. The number of amides is 2. The van der Waals surface area contributed by atoms with Crippen LogP contribution in [0.1, 0.15) is 60.3 Å². The van der Waals surface area contributed by atoms with E-state index in [-0.39, 0.29) is 17.9 Å². The summed E-state index contributed by atoms with van der Waals surface area (Å²) in [5.41, 5.74) is -0.724. The minimum atomic E-state index is -0.724. The lowest BCUT2D eigenvalue weighted by molar-refractivity contribution is -0.155. The van der Waals surface area contributed by atoms with Crippen molar-refractivity contribution in [3.05, 3.63) is 0 Å². The van der Waals surface area contributed by atoms with E-state index >= 15 is 0 Å². The molecule has 4 heteroatoms. The second-order valence-corrected chi connectivity index (χ2v) is 6.17. The van der Waals surface area contributed by atoms with E-state index in [0.717, 1.165) is 19.3 Å². The zero-order valence-corrected chi connectivity index (χ0v) is 13.0. The highest BCUT2D eigenvalue weighted by Crippen LogP contribution is 2.25. The Balaban J connectivity index is 2.96. The SMILES string of the molecule is CCCCN1C(=O)C(C)(CC)NC(=O)C1CC(C)C. The van der Waals surface area contributed by atoms with Crippen molar-refractivity contribution in [2.45, 2.75) is 71.9 Å². The molecular formula is C15H28N2O2. The number of unbranched alkanes of at least 4 members (excludes halogenated alkanes) is 1. The number of nitrogens with one attached hydrogen (secondary N) is 1. The van der Waals surface area contributed by atoms with E-state index in [1.807, 2.05) is 18.7 Å². The first-order valence-corrected chi connectivity index (χ1v) is 7.48. The Morgan fingerprint density at radius 1 is 1.32 bits per heavy atom. The van der Waals surface area contributed by atoms with Crippen LogP contribution in [0, 0.1) is 5.92 Å². The molecule has 1 saturated heterocycles. The van der Waals surface area contributed by atoms with E-state index < -0.39 is 5.54 Å². The van der Waals surface area contributed by atoms with Gasteiger partial charge in [0.25, 0.3) is 0 Å². The van der Waals surface area contributed by atoms with Crippen molar-refractivity contribution in [1.29, 1.82) is 0 Å². The lowest BCUT2D eigenvalue weighted by Crippen LogP contribution is -2.69. The Labute approximate surface area is 116 Å². The average Bonchev–Trinajstić information content (AvgIpc) is 2.35. The molecule has 4 nitrogen and oxygen atoms in total. The fraction of sp³-hybridized carbons (Fsp3) is 0.867. The third-order valence-corrected chi connectivity index (χ3v) is 3.97. The van der Waals surface area contributed by atoms with Crippen molar-refractivity contribution in [3.63, 3.8) is 0 Å². The van der Waals surface area contributed by atoms with Crippen LogP contribution in [-0.2, 0) is 9.59 Å². The van der Waals surface area contributed by atoms with Crippen molar-refractivity contribution in [2.75, 3.05) is 6.54 Å². The summed E-state index contributed by atoms with van der Waals surface area (Å²) in [6.45, 7) is 10.7. The second-order valence-electron chi connectivity index (χ2n) is 6.17. The molecule has 19 heavy (non-hydrogen) atoms. The predicted molar refractivity (Wildman–Crippen MR) is 76.7 cm³/mol. The Bertz CT molecular complexity index is 341. The van der Waals surface area contributed by atoms with Gasteiger partial charge in [0, 0.05) is 6.54 Å². The number of nitrogens with zero attached hydrogens (tertiary/aromatic N) is 1. The molecule has 0 aromatic heterocycles. The van der Waals surface area contributed by atoms with Crippen LogP contribution in [0.15, 0.2) is 0 Å². The summed E-state index contributed by atoms with van der Waals surface area (Å²) >= 11 is 0. The first-order valence-electron chi connectivity index (χ1n) is 7.48. The Morgan fingerprint density at radius 3 is 2.42 bits per heavy atom. The van der Waals surface area contributed by atoms with E-state index in [0.29, 0.717) is 18.9 Å². The fourth-order valence-electron chi connectivity index (χ4n) is 2.51. The van der Waals surface area contributed by atoms with Gasteiger partial charge >= 0.3 is 0 Å². The summed E-state index contributed by atoms with van der Waals surface area (Å²) in [5, 5.41) is 2.92. The van der Waals surface area contributed by atoms with Crippen LogP contribution in [0.4, 0.5) is 0 Å². The van der Waals surface area contributed by atoms with Gasteiger partial charge < -0.3 is 10.2 Å². The van der Waals surface area contributed by atoms with Gasteiger partial charge in [-0.25, -0.2) is 0 Å². The summed E-state index contributed by atoms with van der Waals surface area (Å²) in [6.07, 6.45) is 3.35. The maximum Gasteiger partial charge on any atom is 0.248 e. The van der Waals surface area contributed by atoms with Crippen LogP contribution in [0.3, 0.4) is 0 Å². The summed E-state index contributed by atoms with van der Waals surface area (Å²) < 4.78 is 0. The molecule has 1 fully saturated rings. The molecule has 1 N–H and O–H groups in total. The lowest BCUT2D eigenvalue weighted by atomic mass is 9.89. The largest absolute Gasteiger partial charge is 0.340 e. The summed E-state index contributed by atoms with van der Waals surface area (Å²) in [6, 6.07) is -0.293. The highest BCUT2D eigenvalue weighted by molar-refractivity contribution is 5.99. The molecule has 0 bridgehead atoms. The molecule has 1 rings (SSSR count). The minimum absolute atomic E-state index is 0.00810. The highest BCUT2D eigenvalue weighted by atomic mass is 16.2. The van der Waals surface area contributed by atoms with E-state index in [1.165, 1.54) is 0 Å². The fourth-order valence-corrected chi connectivity index (χ4v) is 2.51. The maximum atomic E-state index is 12.6. The van der Waals surface area contributed by atoms with Crippen molar-refractivity contribution >= 4 is 11.8 Å². The Hall–Kier alpha value is -1.06. The zero-order valence-electron chi connectivity index (χ0n) is 13.0. The molecule has 0 aliphatic carbocycles. The van der Waals surface area contributed by atoms with Gasteiger partial charge in [-0.2, -0.15) is 0 Å². The number of carbonyl (C=O) groups excluding carboxylic acids is 2. The number of carbonyl (C=O) groups is 2. The predicted octanol–water partition coefficient (Wildman–Crippen LogP) is 2.33. The Kier molecular flexibility index (Phi) is 5.39. The third-order valence-electron chi connectivity index (χ3n) is 3.97. The molecule has 2 amide bonds. The molecule has 0 radical (unpaired) electrons. The van der Waals surface area contributed by atoms with Crippen LogP contribution >= 0.6 is 0 Å². The molecule has 1 heterocycles. The van der Waals surface area contributed by atoms with E-state index in [2.05, 4.69) is 26.1 Å². The average molecular weight is 268 g/mol. The van der Waals surface area contributed by atoms with Crippen LogP contribution in [0.2, 0.25) is 0 Å². The normalized spacial score (nSPS) is 27.9. The number of hydrogen-bond donors (Lipinski definition) is 1. The molecule has 0 spiro atoms. The van der Waals surface area contributed by atoms with Crippen LogP contribution < -0.4 is 5.32 Å². The highest BCUT2D eigenvalue weighted by Gasteiger charge is 2.46. The number of hydrogen-bond acceptors (Lipinski definition) is 2. The molecule has 2 unspecified atom stereocenters. The van der Waals surface area contributed by atoms with E-state index in [1.54, 1.807) is 0 Å². The Morgan fingerprint density at radius 2 is 1.95 bits per heavy atom. The smallest absolute Gasteiger partial charge is 0.248 e. The molecule has 2 atom stereocenters. The van der Waals surface area contributed by atoms with Crippen LogP contribution in [0.25, 0.3) is 0 Å². The van der Waals surface area contributed by atoms with Gasteiger partial charge in [0.1, 0.15) is 11.6 Å². The number of rotatable bonds is 6. The van der Waals surface area contributed by atoms with Crippen molar-refractivity contribution in [3.8, 4) is 0 Å². The first-order chi connectivity index (χ1) is 8.85. The van der Waals surface area contributed by atoms with Crippen LogP contribution in [0.5, 0.6) is 0 Å². The summed E-state index contributed by atoms with van der Waals surface area (Å²) in [4.78, 5) is 26.8. The van der Waals surface area contributed by atoms with Crippen LogP contribution in [-0.4, -0.2) is 34.8 Å². The minimum Gasteiger partial charge on any atom is -0.340 e. The molecule has 0 aromatic rings. The maximum absolute atomic E-state index is 12.6. The standard InChI is InChI=1S/C15H28N2O2/c1-6-8-9-17-12(10-11(3)4)13(18)16-15(5,7-2)14(17)19/h11-12H,6-10H2,1-5H3,(H,16,18).